The molecule has 3 saturated carbocycles. The lowest BCUT2D eigenvalue weighted by Crippen LogP contribution is -2.49. The summed E-state index contributed by atoms with van der Waals surface area (Å²) in [5, 5.41) is 10.3. The van der Waals surface area contributed by atoms with E-state index in [0.717, 1.165) is 36.5 Å². The fourth-order valence-corrected chi connectivity index (χ4v) is 8.93. The van der Waals surface area contributed by atoms with Gasteiger partial charge in [0.2, 0.25) is 0 Å². The third kappa shape index (κ3) is 3.66. The Labute approximate surface area is 186 Å². The minimum absolute atomic E-state index is 0.0465. The van der Waals surface area contributed by atoms with Crippen molar-refractivity contribution in [3.8, 4) is 0 Å². The van der Waals surface area contributed by atoms with E-state index < -0.39 is 0 Å². The molecule has 1 heteroatoms. The van der Waals surface area contributed by atoms with Gasteiger partial charge in [0.25, 0.3) is 0 Å². The molecule has 0 aromatic carbocycles. The molecule has 170 valence electrons. The standard InChI is InChI=1S/C29H48O/c1-7-21(19(2)3)9-8-20(4)25-12-13-26-24-11-10-22-18-23(30)14-16-28(22,5)27(24)15-17-29(25,26)6/h11,20-23,25-27,30H,2,7-10,12-18H2,1,3-6H3/t20-,21+,22?,23?,25-,26+,27+,28+,29-/m1/s1. The van der Waals surface area contributed by atoms with Gasteiger partial charge in [0.1, 0.15) is 0 Å². The van der Waals surface area contributed by atoms with Gasteiger partial charge in [0, 0.05) is 0 Å². The van der Waals surface area contributed by atoms with E-state index in [-0.39, 0.29) is 6.10 Å². The molecular weight excluding hydrogens is 364 g/mol. The summed E-state index contributed by atoms with van der Waals surface area (Å²) >= 11 is 0. The van der Waals surface area contributed by atoms with Gasteiger partial charge in [-0.25, -0.2) is 0 Å². The summed E-state index contributed by atoms with van der Waals surface area (Å²) in [6, 6.07) is 0. The van der Waals surface area contributed by atoms with Crippen LogP contribution >= 0.6 is 0 Å². The highest BCUT2D eigenvalue weighted by atomic mass is 16.3. The van der Waals surface area contributed by atoms with E-state index in [1.54, 1.807) is 0 Å². The van der Waals surface area contributed by atoms with Crippen molar-refractivity contribution < 1.29 is 5.11 Å². The number of rotatable bonds is 6. The quantitative estimate of drug-likeness (QED) is 0.439. The Morgan fingerprint density at radius 2 is 1.80 bits per heavy atom. The monoisotopic (exact) mass is 412 g/mol. The van der Waals surface area contributed by atoms with Crippen LogP contribution in [0.15, 0.2) is 23.8 Å². The average molecular weight is 413 g/mol. The molecule has 0 radical (unpaired) electrons. The van der Waals surface area contributed by atoms with Gasteiger partial charge in [-0.1, -0.05) is 51.5 Å². The topological polar surface area (TPSA) is 20.2 Å². The molecule has 3 fully saturated rings. The van der Waals surface area contributed by atoms with Gasteiger partial charge in [-0.15, -0.1) is 0 Å². The van der Waals surface area contributed by atoms with Crippen LogP contribution in [-0.2, 0) is 0 Å². The van der Waals surface area contributed by atoms with Crippen LogP contribution in [0.25, 0.3) is 0 Å². The predicted octanol–water partition coefficient (Wildman–Crippen LogP) is 7.94. The van der Waals surface area contributed by atoms with Gasteiger partial charge in [-0.05, 0) is 124 Å². The molecule has 0 bridgehead atoms. The molecule has 0 aromatic heterocycles. The van der Waals surface area contributed by atoms with E-state index in [4.69, 9.17) is 0 Å². The molecule has 0 saturated heterocycles. The number of fused-ring (bicyclic) bond motifs is 5. The van der Waals surface area contributed by atoms with E-state index in [9.17, 15) is 5.11 Å². The SMILES string of the molecule is C=C(C)[C@@H](CC)CC[C@@H](C)[C@H]1CC[C@H]2C3=CCC4CC(O)CC[C@]4(C)[C@H]3CC[C@]12C. The van der Waals surface area contributed by atoms with Gasteiger partial charge in [0.05, 0.1) is 6.10 Å². The van der Waals surface area contributed by atoms with E-state index in [1.807, 2.05) is 5.57 Å². The first-order valence-corrected chi connectivity index (χ1v) is 13.2. The maximum absolute atomic E-state index is 10.3. The molecule has 0 aromatic rings. The van der Waals surface area contributed by atoms with Crippen molar-refractivity contribution in [3.05, 3.63) is 23.8 Å². The highest BCUT2D eigenvalue weighted by Gasteiger charge is 2.58. The second-order valence-electron chi connectivity index (χ2n) is 12.4. The zero-order chi connectivity index (χ0) is 21.7. The lowest BCUT2D eigenvalue weighted by atomic mass is 9.47. The zero-order valence-corrected chi connectivity index (χ0v) is 20.6. The average Bonchev–Trinajstić information content (AvgIpc) is 3.06. The summed E-state index contributed by atoms with van der Waals surface area (Å²) in [7, 11) is 0. The zero-order valence-electron chi connectivity index (χ0n) is 20.6. The molecule has 9 atom stereocenters. The van der Waals surface area contributed by atoms with Gasteiger partial charge in [-0.3, -0.25) is 0 Å². The van der Waals surface area contributed by atoms with Gasteiger partial charge in [0.15, 0.2) is 0 Å². The van der Waals surface area contributed by atoms with Crippen molar-refractivity contribution in [2.75, 3.05) is 0 Å². The molecule has 1 N–H and O–H groups in total. The van der Waals surface area contributed by atoms with Crippen LogP contribution in [0.3, 0.4) is 0 Å². The fourth-order valence-electron chi connectivity index (χ4n) is 8.93. The minimum Gasteiger partial charge on any atom is -0.393 e. The molecule has 4 aliphatic rings. The summed E-state index contributed by atoms with van der Waals surface area (Å²) in [6.45, 7) is 16.6. The van der Waals surface area contributed by atoms with Crippen LogP contribution in [0.1, 0.15) is 105 Å². The second-order valence-corrected chi connectivity index (χ2v) is 12.4. The maximum atomic E-state index is 10.3. The number of hydrogen-bond acceptors (Lipinski definition) is 1. The number of aliphatic hydroxyl groups is 1. The smallest absolute Gasteiger partial charge is 0.0543 e. The molecular formula is C29H48O. The first-order valence-electron chi connectivity index (χ1n) is 13.2. The first kappa shape index (κ1) is 22.6. The van der Waals surface area contributed by atoms with E-state index in [2.05, 4.69) is 47.3 Å². The van der Waals surface area contributed by atoms with Crippen LogP contribution in [0.4, 0.5) is 0 Å². The summed E-state index contributed by atoms with van der Waals surface area (Å²) in [5.41, 5.74) is 4.21. The summed E-state index contributed by atoms with van der Waals surface area (Å²) in [5.74, 6) is 4.78. The van der Waals surface area contributed by atoms with Crippen molar-refractivity contribution >= 4 is 0 Å². The van der Waals surface area contributed by atoms with Crippen molar-refractivity contribution in [2.24, 2.45) is 46.3 Å². The van der Waals surface area contributed by atoms with E-state index >= 15 is 0 Å². The van der Waals surface area contributed by atoms with Crippen molar-refractivity contribution in [2.45, 2.75) is 111 Å². The van der Waals surface area contributed by atoms with E-state index in [0.29, 0.717) is 22.7 Å². The lowest BCUT2D eigenvalue weighted by molar-refractivity contribution is -0.0428. The molecule has 0 aliphatic heterocycles. The normalized spacial score (nSPS) is 45.0. The summed E-state index contributed by atoms with van der Waals surface area (Å²) in [4.78, 5) is 0. The van der Waals surface area contributed by atoms with Gasteiger partial charge < -0.3 is 5.11 Å². The molecule has 2 unspecified atom stereocenters. The number of aliphatic hydroxyl groups excluding tert-OH is 1. The Morgan fingerprint density at radius 1 is 1.10 bits per heavy atom. The Bertz CT molecular complexity index is 676. The highest BCUT2D eigenvalue weighted by Crippen LogP contribution is 2.67. The second kappa shape index (κ2) is 8.42. The van der Waals surface area contributed by atoms with Crippen LogP contribution < -0.4 is 0 Å². The molecule has 30 heavy (non-hydrogen) atoms. The Kier molecular flexibility index (Phi) is 6.35. The fraction of sp³-hybridized carbons (Fsp3) is 0.862. The van der Waals surface area contributed by atoms with Crippen molar-refractivity contribution in [3.63, 3.8) is 0 Å². The predicted molar refractivity (Wildman–Crippen MR) is 128 cm³/mol. The van der Waals surface area contributed by atoms with Crippen LogP contribution in [0.2, 0.25) is 0 Å². The first-order chi connectivity index (χ1) is 14.2. The molecule has 4 rings (SSSR count). The molecule has 0 spiro atoms. The van der Waals surface area contributed by atoms with Crippen LogP contribution in [0.5, 0.6) is 0 Å². The van der Waals surface area contributed by atoms with Gasteiger partial charge >= 0.3 is 0 Å². The highest BCUT2D eigenvalue weighted by molar-refractivity contribution is 5.27. The molecule has 1 nitrogen and oxygen atoms in total. The third-order valence-electron chi connectivity index (χ3n) is 11.0. The summed E-state index contributed by atoms with van der Waals surface area (Å²) in [6.07, 6.45) is 16.8. The number of allylic oxidation sites excluding steroid dienone is 3. The third-order valence-corrected chi connectivity index (χ3v) is 11.0. The summed E-state index contributed by atoms with van der Waals surface area (Å²) < 4.78 is 0. The van der Waals surface area contributed by atoms with Crippen molar-refractivity contribution in [1.82, 2.24) is 0 Å². The van der Waals surface area contributed by atoms with Crippen LogP contribution in [0, 0.1) is 46.3 Å². The number of hydrogen-bond donors (Lipinski definition) is 1. The molecule has 4 aliphatic carbocycles. The lowest BCUT2D eigenvalue weighted by Gasteiger charge is -2.57. The van der Waals surface area contributed by atoms with Gasteiger partial charge in [-0.2, -0.15) is 0 Å². The van der Waals surface area contributed by atoms with Crippen molar-refractivity contribution in [1.29, 1.82) is 0 Å². The Morgan fingerprint density at radius 3 is 2.50 bits per heavy atom. The minimum atomic E-state index is -0.0465. The Balaban J connectivity index is 1.49. The van der Waals surface area contributed by atoms with E-state index in [1.165, 1.54) is 63.4 Å². The van der Waals surface area contributed by atoms with Crippen LogP contribution in [-0.4, -0.2) is 11.2 Å². The Hall–Kier alpha value is -0.560. The largest absolute Gasteiger partial charge is 0.393 e. The molecule has 0 amide bonds. The maximum Gasteiger partial charge on any atom is 0.0543 e. The molecule has 0 heterocycles.